The number of benzene rings is 1. The third-order valence-electron chi connectivity index (χ3n) is 3.48. The molecule has 1 fully saturated rings. The van der Waals surface area contributed by atoms with E-state index in [4.69, 9.17) is 9.47 Å². The predicted octanol–water partition coefficient (Wildman–Crippen LogP) is 3.15. The van der Waals surface area contributed by atoms with Crippen LogP contribution in [0.15, 0.2) is 18.2 Å². The summed E-state index contributed by atoms with van der Waals surface area (Å²) in [5, 5.41) is 3.07. The molecule has 1 aromatic carbocycles. The fraction of sp³-hybridized carbons (Fsp3) is 0.562. The number of amides is 1. The summed E-state index contributed by atoms with van der Waals surface area (Å²) < 4.78 is 10.9. The van der Waals surface area contributed by atoms with Crippen molar-refractivity contribution in [3.05, 3.63) is 23.8 Å². The van der Waals surface area contributed by atoms with Crippen molar-refractivity contribution in [3.8, 4) is 11.5 Å². The highest BCUT2D eigenvalue weighted by molar-refractivity contribution is 5.95. The molecule has 0 radical (unpaired) electrons. The van der Waals surface area contributed by atoms with Crippen molar-refractivity contribution in [2.24, 2.45) is 0 Å². The Balaban J connectivity index is 2.09. The van der Waals surface area contributed by atoms with Gasteiger partial charge in [0.1, 0.15) is 0 Å². The second-order valence-corrected chi connectivity index (χ2v) is 5.49. The minimum absolute atomic E-state index is 0.0358. The van der Waals surface area contributed by atoms with Crippen LogP contribution in [-0.4, -0.2) is 25.2 Å². The van der Waals surface area contributed by atoms with Crippen molar-refractivity contribution in [1.82, 2.24) is 5.32 Å². The Hall–Kier alpha value is -1.71. The number of rotatable bonds is 5. The minimum atomic E-state index is -0.0358. The van der Waals surface area contributed by atoms with E-state index in [2.05, 4.69) is 5.32 Å². The Labute approximate surface area is 120 Å². The molecular formula is C16H23NO3. The lowest BCUT2D eigenvalue weighted by atomic mass is 10.1. The molecule has 1 saturated carbocycles. The maximum Gasteiger partial charge on any atom is 0.251 e. The Morgan fingerprint density at radius 1 is 1.25 bits per heavy atom. The van der Waals surface area contributed by atoms with Crippen molar-refractivity contribution < 1.29 is 14.3 Å². The summed E-state index contributed by atoms with van der Waals surface area (Å²) in [5.74, 6) is 1.23. The van der Waals surface area contributed by atoms with Crippen LogP contribution in [0.1, 0.15) is 49.9 Å². The first-order chi connectivity index (χ1) is 9.60. The molecule has 0 bridgehead atoms. The van der Waals surface area contributed by atoms with Crippen LogP contribution < -0.4 is 14.8 Å². The van der Waals surface area contributed by atoms with E-state index in [1.54, 1.807) is 25.3 Å². The second kappa shape index (κ2) is 6.64. The van der Waals surface area contributed by atoms with Gasteiger partial charge in [-0.25, -0.2) is 0 Å². The standard InChI is InChI=1S/C16H23NO3/c1-11(2)20-14-9-8-12(10-15(14)19-3)16(18)17-13-6-4-5-7-13/h8-11,13H,4-7H2,1-3H3,(H,17,18). The van der Waals surface area contributed by atoms with Crippen molar-refractivity contribution in [3.63, 3.8) is 0 Å². The molecule has 1 amide bonds. The van der Waals surface area contributed by atoms with Gasteiger partial charge < -0.3 is 14.8 Å². The highest BCUT2D eigenvalue weighted by Gasteiger charge is 2.19. The molecule has 110 valence electrons. The van der Waals surface area contributed by atoms with E-state index in [9.17, 15) is 4.79 Å². The van der Waals surface area contributed by atoms with Crippen LogP contribution in [0.4, 0.5) is 0 Å². The lowest BCUT2D eigenvalue weighted by Crippen LogP contribution is -2.32. The van der Waals surface area contributed by atoms with E-state index in [1.165, 1.54) is 12.8 Å². The third-order valence-corrected chi connectivity index (χ3v) is 3.48. The minimum Gasteiger partial charge on any atom is -0.493 e. The molecule has 2 rings (SSSR count). The maximum absolute atomic E-state index is 12.2. The third kappa shape index (κ3) is 3.65. The van der Waals surface area contributed by atoms with Gasteiger partial charge in [-0.2, -0.15) is 0 Å². The fourth-order valence-electron chi connectivity index (χ4n) is 2.50. The van der Waals surface area contributed by atoms with Gasteiger partial charge in [-0.15, -0.1) is 0 Å². The average molecular weight is 277 g/mol. The zero-order valence-corrected chi connectivity index (χ0v) is 12.4. The molecule has 0 spiro atoms. The van der Waals surface area contributed by atoms with Crippen molar-refractivity contribution in [1.29, 1.82) is 0 Å². The second-order valence-electron chi connectivity index (χ2n) is 5.49. The van der Waals surface area contributed by atoms with E-state index in [-0.39, 0.29) is 12.0 Å². The molecule has 1 aliphatic rings. The molecule has 0 saturated heterocycles. The highest BCUT2D eigenvalue weighted by atomic mass is 16.5. The van der Waals surface area contributed by atoms with Crippen LogP contribution in [0.3, 0.4) is 0 Å². The number of hydrogen-bond donors (Lipinski definition) is 1. The lowest BCUT2D eigenvalue weighted by molar-refractivity contribution is 0.0937. The Morgan fingerprint density at radius 2 is 1.95 bits per heavy atom. The first kappa shape index (κ1) is 14.7. The van der Waals surface area contributed by atoms with Gasteiger partial charge in [0.15, 0.2) is 11.5 Å². The summed E-state index contributed by atoms with van der Waals surface area (Å²) >= 11 is 0. The zero-order chi connectivity index (χ0) is 14.5. The number of ether oxygens (including phenoxy) is 2. The van der Waals surface area contributed by atoms with E-state index in [0.717, 1.165) is 12.8 Å². The van der Waals surface area contributed by atoms with E-state index in [1.807, 2.05) is 13.8 Å². The summed E-state index contributed by atoms with van der Waals surface area (Å²) in [4.78, 5) is 12.2. The van der Waals surface area contributed by atoms with Crippen LogP contribution in [-0.2, 0) is 0 Å². The summed E-state index contributed by atoms with van der Waals surface area (Å²) in [6.07, 6.45) is 4.64. The molecule has 0 aromatic heterocycles. The molecule has 1 N–H and O–H groups in total. The number of methoxy groups -OCH3 is 1. The molecule has 0 aliphatic heterocycles. The quantitative estimate of drug-likeness (QED) is 0.899. The van der Waals surface area contributed by atoms with E-state index in [0.29, 0.717) is 23.1 Å². The molecule has 4 heteroatoms. The Bertz CT molecular complexity index is 465. The van der Waals surface area contributed by atoms with Gasteiger partial charge in [-0.05, 0) is 44.9 Å². The van der Waals surface area contributed by atoms with Crippen molar-refractivity contribution in [2.75, 3.05) is 7.11 Å². The van der Waals surface area contributed by atoms with Gasteiger partial charge in [0.2, 0.25) is 0 Å². The molecule has 1 aliphatic carbocycles. The van der Waals surface area contributed by atoms with E-state index < -0.39 is 0 Å². The van der Waals surface area contributed by atoms with Crippen LogP contribution in [0, 0.1) is 0 Å². The molecule has 1 aromatic rings. The largest absolute Gasteiger partial charge is 0.493 e. The molecule has 4 nitrogen and oxygen atoms in total. The molecule has 20 heavy (non-hydrogen) atoms. The van der Waals surface area contributed by atoms with Gasteiger partial charge in [0.05, 0.1) is 13.2 Å². The van der Waals surface area contributed by atoms with Crippen molar-refractivity contribution >= 4 is 5.91 Å². The number of hydrogen-bond acceptors (Lipinski definition) is 3. The van der Waals surface area contributed by atoms with Gasteiger partial charge in [0, 0.05) is 11.6 Å². The average Bonchev–Trinajstić information content (AvgIpc) is 2.91. The fourth-order valence-corrected chi connectivity index (χ4v) is 2.50. The predicted molar refractivity (Wildman–Crippen MR) is 78.5 cm³/mol. The molecular weight excluding hydrogens is 254 g/mol. The normalized spacial score (nSPS) is 15.4. The summed E-state index contributed by atoms with van der Waals surface area (Å²) in [6, 6.07) is 5.63. The Morgan fingerprint density at radius 3 is 2.55 bits per heavy atom. The van der Waals surface area contributed by atoms with Crippen molar-refractivity contribution in [2.45, 2.75) is 51.7 Å². The topological polar surface area (TPSA) is 47.6 Å². The molecule has 0 heterocycles. The van der Waals surface area contributed by atoms with Gasteiger partial charge in [0.25, 0.3) is 5.91 Å². The first-order valence-electron chi connectivity index (χ1n) is 7.25. The summed E-state index contributed by atoms with van der Waals surface area (Å²) in [6.45, 7) is 3.92. The number of nitrogens with one attached hydrogen (secondary N) is 1. The van der Waals surface area contributed by atoms with Crippen LogP contribution in [0.5, 0.6) is 11.5 Å². The number of carbonyl (C=O) groups excluding carboxylic acids is 1. The summed E-state index contributed by atoms with van der Waals surface area (Å²) in [7, 11) is 1.58. The SMILES string of the molecule is COc1cc(C(=O)NC2CCCC2)ccc1OC(C)C. The smallest absolute Gasteiger partial charge is 0.251 e. The van der Waals surface area contributed by atoms with Gasteiger partial charge in [-0.3, -0.25) is 4.79 Å². The van der Waals surface area contributed by atoms with Crippen LogP contribution >= 0.6 is 0 Å². The van der Waals surface area contributed by atoms with Gasteiger partial charge >= 0.3 is 0 Å². The molecule has 0 unspecified atom stereocenters. The highest BCUT2D eigenvalue weighted by Crippen LogP contribution is 2.29. The maximum atomic E-state index is 12.2. The van der Waals surface area contributed by atoms with Crippen LogP contribution in [0.2, 0.25) is 0 Å². The number of carbonyl (C=O) groups is 1. The van der Waals surface area contributed by atoms with Crippen LogP contribution in [0.25, 0.3) is 0 Å². The monoisotopic (exact) mass is 277 g/mol. The summed E-state index contributed by atoms with van der Waals surface area (Å²) in [5.41, 5.74) is 0.616. The Kier molecular flexibility index (Phi) is 4.88. The molecule has 0 atom stereocenters. The first-order valence-corrected chi connectivity index (χ1v) is 7.25. The van der Waals surface area contributed by atoms with Gasteiger partial charge in [-0.1, -0.05) is 12.8 Å². The lowest BCUT2D eigenvalue weighted by Gasteiger charge is -2.15. The van der Waals surface area contributed by atoms with E-state index >= 15 is 0 Å². The zero-order valence-electron chi connectivity index (χ0n) is 12.4.